The number of rotatable bonds is 8. The summed E-state index contributed by atoms with van der Waals surface area (Å²) in [7, 11) is 0. The zero-order valence-electron chi connectivity index (χ0n) is 20.7. The molecular weight excluding hydrogens is 550 g/mol. The van der Waals surface area contributed by atoms with Crippen LogP contribution < -0.4 is 20.7 Å². The number of aromatic nitrogens is 2. The maximum absolute atomic E-state index is 14.0. The zero-order valence-corrected chi connectivity index (χ0v) is 20.7. The van der Waals surface area contributed by atoms with Gasteiger partial charge in [0.15, 0.2) is 0 Å². The molecule has 0 atom stereocenters. The van der Waals surface area contributed by atoms with Gasteiger partial charge in [0.1, 0.15) is 17.4 Å². The van der Waals surface area contributed by atoms with Gasteiger partial charge in [-0.25, -0.2) is 14.2 Å². The van der Waals surface area contributed by atoms with E-state index in [9.17, 15) is 31.9 Å². The molecule has 14 heteroatoms. The fraction of sp³-hybridized carbons (Fsp3) is 0.0741. The van der Waals surface area contributed by atoms with Crippen molar-refractivity contribution < 1.29 is 41.8 Å². The number of pyridine rings is 2. The fourth-order valence-electron chi connectivity index (χ4n) is 3.55. The minimum atomic E-state index is -5.11. The van der Waals surface area contributed by atoms with Crippen molar-refractivity contribution in [2.24, 2.45) is 0 Å². The van der Waals surface area contributed by atoms with Crippen LogP contribution in [0.5, 0.6) is 5.75 Å². The Balaban J connectivity index is 1.50. The maximum atomic E-state index is 14.0. The molecule has 2 aromatic heterocycles. The van der Waals surface area contributed by atoms with Crippen LogP contribution in [0.3, 0.4) is 0 Å². The van der Waals surface area contributed by atoms with Crippen LogP contribution in [0.2, 0.25) is 0 Å². The first-order valence-corrected chi connectivity index (χ1v) is 11.6. The van der Waals surface area contributed by atoms with Crippen LogP contribution in [0.4, 0.5) is 33.9 Å². The number of nitrogens with one attached hydrogen (secondary N) is 3. The summed E-state index contributed by atoms with van der Waals surface area (Å²) in [6.07, 6.45) is -3.90. The van der Waals surface area contributed by atoms with Crippen LogP contribution in [0, 0.1) is 5.82 Å². The average molecular weight is 569 g/mol. The predicted octanol–water partition coefficient (Wildman–Crippen LogP) is 5.45. The molecule has 10 nitrogen and oxygen atoms in total. The lowest BCUT2D eigenvalue weighted by atomic mass is 10.1. The van der Waals surface area contributed by atoms with Gasteiger partial charge in [-0.15, -0.1) is 13.2 Å². The second-order valence-corrected chi connectivity index (χ2v) is 8.29. The quantitative estimate of drug-likeness (QED) is 0.207. The normalized spacial score (nSPS) is 10.9. The van der Waals surface area contributed by atoms with Crippen LogP contribution in [-0.2, 0) is 6.54 Å². The minimum Gasteiger partial charge on any atom is -0.465 e. The molecule has 0 bridgehead atoms. The van der Waals surface area contributed by atoms with Crippen molar-refractivity contribution >= 4 is 29.4 Å². The third-order valence-corrected chi connectivity index (χ3v) is 5.40. The molecule has 41 heavy (non-hydrogen) atoms. The van der Waals surface area contributed by atoms with Gasteiger partial charge in [-0.05, 0) is 54.1 Å². The highest BCUT2D eigenvalue weighted by Gasteiger charge is 2.33. The molecule has 4 rings (SSSR count). The van der Waals surface area contributed by atoms with Crippen molar-refractivity contribution in [3.05, 3.63) is 102 Å². The maximum Gasteiger partial charge on any atom is 0.573 e. The Hall–Kier alpha value is -5.53. The van der Waals surface area contributed by atoms with E-state index in [1.165, 1.54) is 54.9 Å². The number of nitrogens with zero attached hydrogens (tertiary/aromatic N) is 2. The molecule has 4 aromatic rings. The Labute approximate surface area is 229 Å². The van der Waals surface area contributed by atoms with Crippen molar-refractivity contribution in [2.75, 3.05) is 10.6 Å². The summed E-state index contributed by atoms with van der Waals surface area (Å²) >= 11 is 0. The molecule has 210 valence electrons. The molecule has 0 unspecified atom stereocenters. The summed E-state index contributed by atoms with van der Waals surface area (Å²) in [5, 5.41) is 15.7. The van der Waals surface area contributed by atoms with Crippen LogP contribution in [0.1, 0.15) is 26.3 Å². The van der Waals surface area contributed by atoms with E-state index in [2.05, 4.69) is 25.3 Å². The molecule has 0 saturated heterocycles. The Morgan fingerprint density at radius 1 is 0.878 bits per heavy atom. The molecule has 0 aliphatic rings. The number of carbonyl (C=O) groups excluding carboxylic acids is 2. The topological polar surface area (TPSA) is 143 Å². The molecule has 3 amide bonds. The second-order valence-electron chi connectivity index (χ2n) is 8.29. The van der Waals surface area contributed by atoms with Crippen molar-refractivity contribution in [3.63, 3.8) is 0 Å². The Bertz CT molecular complexity index is 1580. The van der Waals surface area contributed by atoms with Crippen molar-refractivity contribution in [1.82, 2.24) is 15.3 Å². The first kappa shape index (κ1) is 28.5. The van der Waals surface area contributed by atoms with Gasteiger partial charge in [0, 0.05) is 23.9 Å². The third kappa shape index (κ3) is 7.75. The number of benzene rings is 2. The highest BCUT2D eigenvalue weighted by molar-refractivity contribution is 6.07. The fourth-order valence-corrected chi connectivity index (χ4v) is 3.55. The van der Waals surface area contributed by atoms with E-state index in [0.29, 0.717) is 11.3 Å². The molecule has 0 saturated carbocycles. The van der Waals surface area contributed by atoms with E-state index in [4.69, 9.17) is 5.11 Å². The van der Waals surface area contributed by atoms with E-state index in [1.54, 1.807) is 6.07 Å². The van der Waals surface area contributed by atoms with E-state index >= 15 is 0 Å². The Kier molecular flexibility index (Phi) is 8.41. The molecule has 0 spiro atoms. The van der Waals surface area contributed by atoms with Gasteiger partial charge in [0.25, 0.3) is 11.8 Å². The molecule has 0 aliphatic heterocycles. The number of hydrogen-bond acceptors (Lipinski definition) is 6. The van der Waals surface area contributed by atoms with E-state index in [1.807, 2.05) is 5.32 Å². The average Bonchev–Trinajstić information content (AvgIpc) is 2.92. The summed E-state index contributed by atoms with van der Waals surface area (Å²) in [6.45, 7) is -0.179. The Morgan fingerprint density at radius 3 is 2.29 bits per heavy atom. The summed E-state index contributed by atoms with van der Waals surface area (Å²) in [4.78, 5) is 44.3. The van der Waals surface area contributed by atoms with E-state index in [0.717, 1.165) is 18.2 Å². The molecule has 0 fully saturated rings. The molecular formula is C27H19F4N5O5. The highest BCUT2D eigenvalue weighted by Crippen LogP contribution is 2.28. The lowest BCUT2D eigenvalue weighted by molar-refractivity contribution is -0.274. The van der Waals surface area contributed by atoms with Gasteiger partial charge in [0.05, 0.1) is 23.1 Å². The third-order valence-electron chi connectivity index (χ3n) is 5.40. The van der Waals surface area contributed by atoms with Gasteiger partial charge in [-0.3, -0.25) is 19.9 Å². The van der Waals surface area contributed by atoms with Crippen LogP contribution >= 0.6 is 0 Å². The number of alkyl halides is 3. The molecule has 2 aromatic carbocycles. The van der Waals surface area contributed by atoms with Gasteiger partial charge in [-0.2, -0.15) is 0 Å². The summed E-state index contributed by atoms with van der Waals surface area (Å²) in [6, 6.07) is 14.5. The highest BCUT2D eigenvalue weighted by atomic mass is 19.4. The first-order chi connectivity index (χ1) is 19.5. The first-order valence-electron chi connectivity index (χ1n) is 11.6. The van der Waals surface area contributed by atoms with Gasteiger partial charge < -0.3 is 20.5 Å². The van der Waals surface area contributed by atoms with Gasteiger partial charge in [0.2, 0.25) is 0 Å². The zero-order chi connectivity index (χ0) is 29.6. The molecule has 0 aliphatic carbocycles. The summed E-state index contributed by atoms with van der Waals surface area (Å²) in [5.41, 5.74) is 0.466. The Morgan fingerprint density at radius 2 is 1.66 bits per heavy atom. The lowest BCUT2D eigenvalue weighted by Gasteiger charge is -2.15. The number of hydrogen-bond donors (Lipinski definition) is 4. The largest absolute Gasteiger partial charge is 0.573 e. The monoisotopic (exact) mass is 569 g/mol. The van der Waals surface area contributed by atoms with Crippen molar-refractivity contribution in [2.45, 2.75) is 12.9 Å². The number of ether oxygens (including phenoxy) is 1. The van der Waals surface area contributed by atoms with Crippen LogP contribution in [0.15, 0.2) is 79.1 Å². The molecule has 2 heterocycles. The van der Waals surface area contributed by atoms with Gasteiger partial charge >= 0.3 is 12.5 Å². The summed E-state index contributed by atoms with van der Waals surface area (Å²) < 4.78 is 56.9. The number of carboxylic acid groups (broad SMARTS) is 1. The standard InChI is InChI=1S/C27H19F4N5O5/c28-20-4-2-1-3-18(20)21-8-7-17(14-32-21)35-24(37)16-6-9-22(41-27(29,30)31)19(11-16)25(38)34-13-15-5-10-23(33-12-15)36-26(39)40/h1-12,14H,13H2,(H,33,36)(H,34,38)(H,35,37)(H,39,40). The predicted molar refractivity (Wildman–Crippen MR) is 138 cm³/mol. The number of carbonyl (C=O) groups is 3. The van der Waals surface area contributed by atoms with Crippen molar-refractivity contribution in [3.8, 4) is 17.0 Å². The molecule has 4 N–H and O–H groups in total. The van der Waals surface area contributed by atoms with Gasteiger partial charge in [-0.1, -0.05) is 18.2 Å². The second kappa shape index (κ2) is 12.1. The number of halogens is 4. The van der Waals surface area contributed by atoms with E-state index in [-0.39, 0.29) is 29.2 Å². The van der Waals surface area contributed by atoms with Crippen LogP contribution in [0.25, 0.3) is 11.3 Å². The number of anilines is 2. The smallest absolute Gasteiger partial charge is 0.465 e. The summed E-state index contributed by atoms with van der Waals surface area (Å²) in [5.74, 6) is -3.02. The van der Waals surface area contributed by atoms with Crippen LogP contribution in [-0.4, -0.2) is 39.3 Å². The SMILES string of the molecule is O=C(O)Nc1ccc(CNC(=O)c2cc(C(=O)Nc3ccc(-c4ccccc4F)nc3)ccc2OC(F)(F)F)cn1. The molecule has 0 radical (unpaired) electrons. The van der Waals surface area contributed by atoms with Crippen molar-refractivity contribution in [1.29, 1.82) is 0 Å². The number of amides is 3. The minimum absolute atomic E-state index is 0.0317. The lowest BCUT2D eigenvalue weighted by Crippen LogP contribution is -2.26. The van der Waals surface area contributed by atoms with E-state index < -0.39 is 41.4 Å².